The minimum absolute atomic E-state index is 0.0374. The quantitative estimate of drug-likeness (QED) is 0.912. The first-order valence-electron chi connectivity index (χ1n) is 8.78. The first-order chi connectivity index (χ1) is 12.1. The zero-order chi connectivity index (χ0) is 17.4. The molecule has 130 valence electrons. The lowest BCUT2D eigenvalue weighted by Gasteiger charge is -2.36. The molecule has 2 bridgehead atoms. The molecule has 3 fully saturated rings. The number of aromatic nitrogens is 2. The minimum atomic E-state index is -0.0374. The Balaban J connectivity index is 1.56. The van der Waals surface area contributed by atoms with Crippen LogP contribution in [0.2, 0.25) is 0 Å². The summed E-state index contributed by atoms with van der Waals surface area (Å²) in [6.07, 6.45) is 5.46. The summed E-state index contributed by atoms with van der Waals surface area (Å²) in [5.41, 5.74) is 2.10. The molecule has 0 saturated carbocycles. The third-order valence-corrected chi connectivity index (χ3v) is 5.33. The number of aromatic amines is 1. The smallest absolute Gasteiger partial charge is 0.272 e. The fourth-order valence-corrected chi connectivity index (χ4v) is 3.99. The van der Waals surface area contributed by atoms with Crippen LogP contribution in [-0.4, -0.2) is 57.3 Å². The van der Waals surface area contributed by atoms with Gasteiger partial charge in [-0.25, -0.2) is 0 Å². The lowest BCUT2D eigenvalue weighted by molar-refractivity contribution is 0.0573. The van der Waals surface area contributed by atoms with E-state index in [1.807, 2.05) is 34.9 Å². The molecule has 2 aromatic heterocycles. The molecule has 2 amide bonds. The van der Waals surface area contributed by atoms with Gasteiger partial charge in [-0.05, 0) is 43.9 Å². The summed E-state index contributed by atoms with van der Waals surface area (Å²) in [5, 5.41) is 0. The maximum atomic E-state index is 13.0. The number of amides is 2. The summed E-state index contributed by atoms with van der Waals surface area (Å²) in [7, 11) is 0. The minimum Gasteiger partial charge on any atom is -0.365 e. The average Bonchev–Trinajstić information content (AvgIpc) is 2.87. The van der Waals surface area contributed by atoms with E-state index in [1.54, 1.807) is 18.5 Å². The van der Waals surface area contributed by atoms with Crippen LogP contribution in [-0.2, 0) is 0 Å². The number of pyridine rings is 1. The van der Waals surface area contributed by atoms with Crippen LogP contribution in [0, 0.1) is 12.8 Å². The summed E-state index contributed by atoms with van der Waals surface area (Å²) in [5.74, 6) is 0.361. The first-order valence-corrected chi connectivity index (χ1v) is 8.78. The van der Waals surface area contributed by atoms with E-state index in [2.05, 4.69) is 9.97 Å². The number of hydrogen-bond donors (Lipinski definition) is 1. The number of fused-ring (bicyclic) bond motifs is 4. The summed E-state index contributed by atoms with van der Waals surface area (Å²) in [4.78, 5) is 36.9. The third-order valence-electron chi connectivity index (χ3n) is 5.33. The van der Waals surface area contributed by atoms with Gasteiger partial charge in [0.05, 0.1) is 5.56 Å². The van der Waals surface area contributed by atoms with Crippen LogP contribution in [0.15, 0.2) is 36.7 Å². The van der Waals surface area contributed by atoms with Crippen molar-refractivity contribution in [2.75, 3.05) is 19.6 Å². The van der Waals surface area contributed by atoms with Crippen LogP contribution in [0.1, 0.15) is 39.4 Å². The summed E-state index contributed by atoms with van der Waals surface area (Å²) in [6, 6.07) is 7.31. The molecule has 5 heterocycles. The number of nitrogens with one attached hydrogen (secondary N) is 1. The number of nitrogens with zero attached hydrogens (tertiary/aromatic N) is 3. The Labute approximate surface area is 146 Å². The molecular formula is C19H22N4O2. The molecule has 5 rings (SSSR count). The van der Waals surface area contributed by atoms with Crippen LogP contribution in [0.25, 0.3) is 0 Å². The fraction of sp³-hybridized carbons (Fsp3) is 0.421. The van der Waals surface area contributed by atoms with Crippen molar-refractivity contribution >= 4 is 11.8 Å². The van der Waals surface area contributed by atoms with Crippen molar-refractivity contribution < 1.29 is 9.59 Å². The molecule has 2 atom stereocenters. The number of rotatable bonds is 2. The highest BCUT2D eigenvalue weighted by Crippen LogP contribution is 2.30. The number of piperidine rings is 1. The number of hydrogen-bond acceptors (Lipinski definition) is 3. The van der Waals surface area contributed by atoms with Crippen molar-refractivity contribution in [3.63, 3.8) is 0 Å². The van der Waals surface area contributed by atoms with Gasteiger partial charge in [0.1, 0.15) is 5.69 Å². The summed E-state index contributed by atoms with van der Waals surface area (Å²) >= 11 is 0. The molecular weight excluding hydrogens is 316 g/mol. The zero-order valence-electron chi connectivity index (χ0n) is 14.3. The highest BCUT2D eigenvalue weighted by molar-refractivity contribution is 5.96. The van der Waals surface area contributed by atoms with Gasteiger partial charge >= 0.3 is 0 Å². The van der Waals surface area contributed by atoms with Crippen LogP contribution >= 0.6 is 0 Å². The van der Waals surface area contributed by atoms with E-state index < -0.39 is 0 Å². The maximum Gasteiger partial charge on any atom is 0.272 e. The van der Waals surface area contributed by atoms with E-state index in [4.69, 9.17) is 0 Å². The number of carbonyl (C=O) groups is 2. The zero-order valence-corrected chi connectivity index (χ0v) is 14.3. The molecule has 6 nitrogen and oxygen atoms in total. The molecule has 0 aliphatic carbocycles. The van der Waals surface area contributed by atoms with Crippen molar-refractivity contribution in [2.45, 2.75) is 25.8 Å². The largest absolute Gasteiger partial charge is 0.365 e. The van der Waals surface area contributed by atoms with Crippen LogP contribution < -0.4 is 0 Å². The lowest BCUT2D eigenvalue weighted by atomic mass is 9.94. The van der Waals surface area contributed by atoms with Gasteiger partial charge in [-0.2, -0.15) is 0 Å². The Kier molecular flexibility index (Phi) is 4.03. The molecule has 3 aliphatic heterocycles. The van der Waals surface area contributed by atoms with Crippen molar-refractivity contribution in [1.82, 2.24) is 19.8 Å². The maximum absolute atomic E-state index is 13.0. The Hall–Kier alpha value is -2.63. The SMILES string of the molecule is Cc1[nH]ccc1C(=O)N1C[C@H]2CC[C@@H]1CN(C(=O)c1ccccn1)C2. The molecule has 0 unspecified atom stereocenters. The second kappa shape index (κ2) is 6.35. The van der Waals surface area contributed by atoms with Gasteiger partial charge in [0.25, 0.3) is 11.8 Å². The predicted molar refractivity (Wildman–Crippen MR) is 93.2 cm³/mol. The van der Waals surface area contributed by atoms with E-state index in [-0.39, 0.29) is 17.9 Å². The normalized spacial score (nSPS) is 22.8. The van der Waals surface area contributed by atoms with E-state index in [1.165, 1.54) is 0 Å². The summed E-state index contributed by atoms with van der Waals surface area (Å²) in [6.45, 7) is 3.92. The lowest BCUT2D eigenvalue weighted by Crippen LogP contribution is -2.47. The second-order valence-electron chi connectivity index (χ2n) is 7.00. The van der Waals surface area contributed by atoms with Gasteiger partial charge < -0.3 is 14.8 Å². The molecule has 0 aromatic carbocycles. The van der Waals surface area contributed by atoms with Crippen molar-refractivity contribution in [3.8, 4) is 0 Å². The third kappa shape index (κ3) is 2.92. The predicted octanol–water partition coefficient (Wildman–Crippen LogP) is 2.09. The molecule has 25 heavy (non-hydrogen) atoms. The standard InChI is InChI=1S/C19H22N4O2/c1-13-16(7-9-20-13)18(24)23-11-14-5-6-15(23)12-22(10-14)19(25)17-4-2-3-8-21-17/h2-4,7-9,14-15,20H,5-6,10-12H2,1H3/t14-,15+/m0/s1. The molecule has 0 radical (unpaired) electrons. The fourth-order valence-electron chi connectivity index (χ4n) is 3.99. The van der Waals surface area contributed by atoms with Crippen molar-refractivity contribution in [3.05, 3.63) is 53.6 Å². The van der Waals surface area contributed by atoms with Gasteiger partial charge in [-0.1, -0.05) is 6.07 Å². The molecule has 0 spiro atoms. The average molecular weight is 338 g/mol. The Bertz CT molecular complexity index is 786. The monoisotopic (exact) mass is 338 g/mol. The van der Waals surface area contributed by atoms with Gasteiger partial charge in [0, 0.05) is 43.8 Å². The summed E-state index contributed by atoms with van der Waals surface area (Å²) < 4.78 is 0. The van der Waals surface area contributed by atoms with E-state index in [0.29, 0.717) is 24.7 Å². The van der Waals surface area contributed by atoms with E-state index >= 15 is 0 Å². The molecule has 3 saturated heterocycles. The second-order valence-corrected chi connectivity index (χ2v) is 7.00. The highest BCUT2D eigenvalue weighted by Gasteiger charge is 2.39. The van der Waals surface area contributed by atoms with Gasteiger partial charge in [-0.3, -0.25) is 14.6 Å². The van der Waals surface area contributed by atoms with Crippen molar-refractivity contribution in [1.29, 1.82) is 0 Å². The number of aryl methyl sites for hydroxylation is 1. The van der Waals surface area contributed by atoms with Crippen molar-refractivity contribution in [2.24, 2.45) is 5.92 Å². The van der Waals surface area contributed by atoms with E-state index in [0.717, 1.165) is 30.6 Å². The molecule has 3 aliphatic rings. The van der Waals surface area contributed by atoms with Crippen LogP contribution in [0.5, 0.6) is 0 Å². The van der Waals surface area contributed by atoms with Gasteiger partial charge in [0.2, 0.25) is 0 Å². The van der Waals surface area contributed by atoms with E-state index in [9.17, 15) is 9.59 Å². The number of H-pyrrole nitrogens is 1. The van der Waals surface area contributed by atoms with Crippen LogP contribution in [0.3, 0.4) is 0 Å². The first kappa shape index (κ1) is 15.9. The topological polar surface area (TPSA) is 69.3 Å². The van der Waals surface area contributed by atoms with Gasteiger partial charge in [0.15, 0.2) is 0 Å². The van der Waals surface area contributed by atoms with Gasteiger partial charge in [-0.15, -0.1) is 0 Å². The van der Waals surface area contributed by atoms with Crippen LogP contribution in [0.4, 0.5) is 0 Å². The number of carbonyl (C=O) groups excluding carboxylic acids is 2. The Morgan fingerprint density at radius 3 is 2.72 bits per heavy atom. The Morgan fingerprint density at radius 1 is 1.12 bits per heavy atom. The molecule has 6 heteroatoms. The Morgan fingerprint density at radius 2 is 2.00 bits per heavy atom. The molecule has 2 aromatic rings. The molecule has 1 N–H and O–H groups in total. The highest BCUT2D eigenvalue weighted by atomic mass is 16.2.